The van der Waals surface area contributed by atoms with Gasteiger partial charge in [0.05, 0.1) is 16.3 Å². The summed E-state index contributed by atoms with van der Waals surface area (Å²) in [6.07, 6.45) is 0.192. The molecule has 0 saturated carbocycles. The molecule has 2 amide bonds. The van der Waals surface area contributed by atoms with Crippen LogP contribution in [0.3, 0.4) is 0 Å². The number of likely N-dealkylation sites (N-methyl/N-ethyl adjacent to an activating group) is 1. The summed E-state index contributed by atoms with van der Waals surface area (Å²) in [5, 5.41) is 0.132. The summed E-state index contributed by atoms with van der Waals surface area (Å²) in [5.74, 6) is -2.01. The fourth-order valence-corrected chi connectivity index (χ4v) is 4.31. The van der Waals surface area contributed by atoms with Crippen LogP contribution in [0, 0.1) is 5.82 Å². The summed E-state index contributed by atoms with van der Waals surface area (Å²) < 4.78 is 19.5. The number of hydrogen-bond donors (Lipinski definition) is 0. The first-order chi connectivity index (χ1) is 13.9. The molecule has 0 radical (unpaired) electrons. The van der Waals surface area contributed by atoms with Crippen LogP contribution in [-0.4, -0.2) is 34.9 Å². The van der Waals surface area contributed by atoms with Crippen LogP contribution < -0.4 is 4.90 Å². The highest BCUT2D eigenvalue weighted by Gasteiger charge is 2.61. The highest BCUT2D eigenvalue weighted by atomic mass is 35.5. The maximum atomic E-state index is 14.1. The van der Waals surface area contributed by atoms with Crippen LogP contribution in [0.25, 0.3) is 0 Å². The van der Waals surface area contributed by atoms with Gasteiger partial charge >= 0.3 is 5.97 Å². The number of halogens is 2. The summed E-state index contributed by atoms with van der Waals surface area (Å²) in [4.78, 5) is 41.8. The third-order valence-electron chi connectivity index (χ3n) is 5.43. The Bertz CT molecular complexity index is 1010. The molecule has 2 heterocycles. The van der Waals surface area contributed by atoms with Crippen molar-refractivity contribution in [3.05, 3.63) is 64.4 Å². The molecule has 1 atom stereocenters. The van der Waals surface area contributed by atoms with Gasteiger partial charge in [-0.1, -0.05) is 29.8 Å². The van der Waals surface area contributed by atoms with Crippen molar-refractivity contribution >= 4 is 35.1 Å². The largest absolute Gasteiger partial charge is 0.457 e. The zero-order chi connectivity index (χ0) is 20.8. The van der Waals surface area contributed by atoms with Crippen molar-refractivity contribution in [3.63, 3.8) is 0 Å². The molecule has 6 nitrogen and oxygen atoms in total. The quantitative estimate of drug-likeness (QED) is 0.715. The number of carbonyl (C=O) groups is 3. The molecule has 2 aromatic rings. The van der Waals surface area contributed by atoms with Gasteiger partial charge in [0.25, 0.3) is 5.91 Å². The Kier molecular flexibility index (Phi) is 4.78. The topological polar surface area (TPSA) is 66.9 Å². The molecule has 0 spiro atoms. The second-order valence-electron chi connectivity index (χ2n) is 6.89. The minimum absolute atomic E-state index is 0.0420. The van der Waals surface area contributed by atoms with Gasteiger partial charge < -0.3 is 9.64 Å². The van der Waals surface area contributed by atoms with Crippen molar-refractivity contribution in [2.24, 2.45) is 0 Å². The number of ether oxygens (including phenoxy) is 1. The SMILES string of the molecule is CCN1C(=O)c2ccccc2N2C(=O)CC[C@]12C(=O)OCc1c(F)cccc1Cl. The predicted molar refractivity (Wildman–Crippen MR) is 104 cm³/mol. The van der Waals surface area contributed by atoms with Crippen molar-refractivity contribution in [2.45, 2.75) is 32.0 Å². The fraction of sp³-hybridized carbons (Fsp3) is 0.286. The average molecular weight is 417 g/mol. The van der Waals surface area contributed by atoms with Crippen molar-refractivity contribution in [3.8, 4) is 0 Å². The van der Waals surface area contributed by atoms with Gasteiger partial charge in [0.2, 0.25) is 11.6 Å². The number of fused-ring (bicyclic) bond motifs is 3. The van der Waals surface area contributed by atoms with E-state index in [9.17, 15) is 18.8 Å². The highest BCUT2D eigenvalue weighted by molar-refractivity contribution is 6.31. The molecular weight excluding hydrogens is 399 g/mol. The number of rotatable bonds is 4. The molecule has 0 N–H and O–H groups in total. The Balaban J connectivity index is 1.74. The third-order valence-corrected chi connectivity index (χ3v) is 5.78. The van der Waals surface area contributed by atoms with E-state index in [1.165, 1.54) is 28.0 Å². The summed E-state index contributed by atoms with van der Waals surface area (Å²) in [6.45, 7) is 1.53. The van der Waals surface area contributed by atoms with E-state index < -0.39 is 24.1 Å². The summed E-state index contributed by atoms with van der Waals surface area (Å²) in [6, 6.07) is 10.8. The second-order valence-corrected chi connectivity index (χ2v) is 7.30. The zero-order valence-electron chi connectivity index (χ0n) is 15.7. The van der Waals surface area contributed by atoms with Gasteiger partial charge in [-0.3, -0.25) is 14.5 Å². The van der Waals surface area contributed by atoms with Gasteiger partial charge in [-0.05, 0) is 31.2 Å². The molecule has 8 heteroatoms. The zero-order valence-corrected chi connectivity index (χ0v) is 16.4. The Morgan fingerprint density at radius 1 is 1.21 bits per heavy atom. The van der Waals surface area contributed by atoms with E-state index in [1.54, 1.807) is 31.2 Å². The number of esters is 1. The Hall–Kier alpha value is -2.93. The van der Waals surface area contributed by atoms with E-state index in [2.05, 4.69) is 0 Å². The summed E-state index contributed by atoms with van der Waals surface area (Å²) in [7, 11) is 0. The molecule has 0 aliphatic carbocycles. The first-order valence-electron chi connectivity index (χ1n) is 9.26. The number of hydrogen-bond acceptors (Lipinski definition) is 4. The molecule has 2 aliphatic heterocycles. The summed E-state index contributed by atoms with van der Waals surface area (Å²) >= 11 is 6.02. The van der Waals surface area contributed by atoms with Crippen LogP contribution in [0.2, 0.25) is 5.02 Å². The molecule has 2 aromatic carbocycles. The molecule has 29 heavy (non-hydrogen) atoms. The van der Waals surface area contributed by atoms with E-state index >= 15 is 0 Å². The number of nitrogens with zero attached hydrogens (tertiary/aromatic N) is 2. The maximum Gasteiger partial charge on any atom is 0.354 e. The number of carbonyl (C=O) groups excluding carboxylic acids is 3. The number of amides is 2. The Labute approximate surface area is 171 Å². The smallest absolute Gasteiger partial charge is 0.354 e. The van der Waals surface area contributed by atoms with Crippen LogP contribution in [0.5, 0.6) is 0 Å². The van der Waals surface area contributed by atoms with Crippen LogP contribution >= 0.6 is 11.6 Å². The lowest BCUT2D eigenvalue weighted by Crippen LogP contribution is -2.68. The van der Waals surface area contributed by atoms with Gasteiger partial charge in [0.15, 0.2) is 0 Å². The average Bonchev–Trinajstić information content (AvgIpc) is 3.06. The lowest BCUT2D eigenvalue weighted by molar-refractivity contribution is -0.158. The fourth-order valence-electron chi connectivity index (χ4n) is 4.10. The van der Waals surface area contributed by atoms with Crippen LogP contribution in [0.15, 0.2) is 42.5 Å². The Morgan fingerprint density at radius 3 is 2.69 bits per heavy atom. The van der Waals surface area contributed by atoms with Crippen LogP contribution in [-0.2, 0) is 20.9 Å². The molecule has 0 unspecified atom stereocenters. The van der Waals surface area contributed by atoms with E-state index in [4.69, 9.17) is 16.3 Å². The number of para-hydroxylation sites is 1. The molecule has 0 aromatic heterocycles. The standard InChI is InChI=1S/C21H18ClFN2O4/c1-2-24-19(27)13-6-3-4-9-17(13)25-18(26)10-11-21(24,25)20(28)29-12-14-15(22)7-5-8-16(14)23/h3-9H,2,10-12H2,1H3/t21-/m0/s1. The third kappa shape index (κ3) is 2.80. The van der Waals surface area contributed by atoms with E-state index in [-0.39, 0.29) is 41.8 Å². The van der Waals surface area contributed by atoms with E-state index in [0.29, 0.717) is 11.3 Å². The lowest BCUT2D eigenvalue weighted by Gasteiger charge is -2.48. The maximum absolute atomic E-state index is 14.1. The van der Waals surface area contributed by atoms with Gasteiger partial charge in [0, 0.05) is 24.9 Å². The summed E-state index contributed by atoms with van der Waals surface area (Å²) in [5.41, 5.74) is -0.814. The minimum Gasteiger partial charge on any atom is -0.457 e. The lowest BCUT2D eigenvalue weighted by atomic mass is 9.96. The molecular formula is C21H18ClFN2O4. The number of benzene rings is 2. The van der Waals surface area contributed by atoms with Crippen molar-refractivity contribution in [2.75, 3.05) is 11.4 Å². The van der Waals surface area contributed by atoms with Crippen molar-refractivity contribution in [1.29, 1.82) is 0 Å². The van der Waals surface area contributed by atoms with E-state index in [0.717, 1.165) is 0 Å². The first-order valence-corrected chi connectivity index (χ1v) is 9.63. The van der Waals surface area contributed by atoms with Crippen molar-refractivity contribution < 1.29 is 23.5 Å². The van der Waals surface area contributed by atoms with Crippen molar-refractivity contribution in [1.82, 2.24) is 4.90 Å². The van der Waals surface area contributed by atoms with Crippen LogP contribution in [0.1, 0.15) is 35.7 Å². The predicted octanol–water partition coefficient (Wildman–Crippen LogP) is 3.52. The normalized spacial score (nSPS) is 20.5. The van der Waals surface area contributed by atoms with Gasteiger partial charge in [-0.2, -0.15) is 0 Å². The van der Waals surface area contributed by atoms with Gasteiger partial charge in [-0.15, -0.1) is 0 Å². The van der Waals surface area contributed by atoms with Gasteiger partial charge in [0.1, 0.15) is 12.4 Å². The van der Waals surface area contributed by atoms with Gasteiger partial charge in [-0.25, -0.2) is 9.18 Å². The molecule has 1 fully saturated rings. The second kappa shape index (κ2) is 7.15. The Morgan fingerprint density at radius 2 is 1.97 bits per heavy atom. The first kappa shape index (κ1) is 19.4. The molecule has 1 saturated heterocycles. The molecule has 0 bridgehead atoms. The number of anilines is 1. The van der Waals surface area contributed by atoms with Crippen LogP contribution in [0.4, 0.5) is 10.1 Å². The monoisotopic (exact) mass is 416 g/mol. The molecule has 150 valence electrons. The molecule has 4 rings (SSSR count). The highest BCUT2D eigenvalue weighted by Crippen LogP contribution is 2.45. The minimum atomic E-state index is -1.59. The van der Waals surface area contributed by atoms with E-state index in [1.807, 2.05) is 0 Å². The molecule has 2 aliphatic rings.